The van der Waals surface area contributed by atoms with Crippen molar-refractivity contribution in [1.29, 1.82) is 0 Å². The van der Waals surface area contributed by atoms with E-state index in [2.05, 4.69) is 4.98 Å². The third-order valence-corrected chi connectivity index (χ3v) is 3.87. The van der Waals surface area contributed by atoms with Crippen molar-refractivity contribution in [2.75, 3.05) is 32.6 Å². The van der Waals surface area contributed by atoms with Crippen LogP contribution in [0, 0.1) is 0 Å². The third-order valence-electron chi connectivity index (χ3n) is 2.60. The zero-order valence-corrected chi connectivity index (χ0v) is 11.0. The Hall–Kier alpha value is -1.18. The second-order valence-electron chi connectivity index (χ2n) is 4.12. The minimum Gasteiger partial charge on any atom is -0.485 e. The molecule has 2 heterocycles. The zero-order valence-electron chi connectivity index (χ0n) is 10.2. The molecule has 0 N–H and O–H groups in total. The van der Waals surface area contributed by atoms with Gasteiger partial charge in [-0.15, -0.1) is 0 Å². The second kappa shape index (κ2) is 5.64. The Bertz CT molecular complexity index is 477. The normalized spacial score (nSPS) is 22.4. The van der Waals surface area contributed by atoms with Crippen molar-refractivity contribution in [3.63, 3.8) is 0 Å². The summed E-state index contributed by atoms with van der Waals surface area (Å²) in [5.74, 6) is 0.612. The lowest BCUT2D eigenvalue weighted by Gasteiger charge is -2.21. The Kier molecular flexibility index (Phi) is 4.15. The summed E-state index contributed by atoms with van der Waals surface area (Å²) >= 11 is 0. The molecule has 18 heavy (non-hydrogen) atoms. The van der Waals surface area contributed by atoms with Crippen LogP contribution in [0.4, 0.5) is 0 Å². The fourth-order valence-electron chi connectivity index (χ4n) is 1.73. The molecule has 0 spiro atoms. The molecule has 0 amide bonds. The molecule has 0 unspecified atom stereocenters. The van der Waals surface area contributed by atoms with Crippen LogP contribution in [0.3, 0.4) is 0 Å². The van der Waals surface area contributed by atoms with Crippen LogP contribution in [0.25, 0.3) is 0 Å². The number of ether oxygens (including phenoxy) is 2. The van der Waals surface area contributed by atoms with E-state index in [1.807, 2.05) is 0 Å². The van der Waals surface area contributed by atoms with Gasteiger partial charge in [0.15, 0.2) is 0 Å². The maximum atomic E-state index is 11.5. The van der Waals surface area contributed by atoms with Gasteiger partial charge in [-0.05, 0) is 12.1 Å². The first-order valence-corrected chi connectivity index (χ1v) is 7.50. The van der Waals surface area contributed by atoms with Crippen LogP contribution in [-0.2, 0) is 14.8 Å². The standard InChI is InChI=1S/C11H16N2O4S/c1-18(14,15)13-5-6-16-9-11(8-13)17-10-3-2-4-12-7-10/h2-4,7,11H,5-6,8-9H2,1H3/t11-/m1/s1. The highest BCUT2D eigenvalue weighted by atomic mass is 32.2. The predicted octanol–water partition coefficient (Wildman–Crippen LogP) is 0.121. The lowest BCUT2D eigenvalue weighted by Crippen LogP contribution is -2.39. The van der Waals surface area contributed by atoms with Crippen molar-refractivity contribution in [2.45, 2.75) is 6.10 Å². The summed E-state index contributed by atoms with van der Waals surface area (Å²) in [6, 6.07) is 3.55. The molecule has 1 aromatic rings. The lowest BCUT2D eigenvalue weighted by molar-refractivity contribution is 0.0721. The van der Waals surface area contributed by atoms with Crippen LogP contribution in [0.2, 0.25) is 0 Å². The highest BCUT2D eigenvalue weighted by molar-refractivity contribution is 7.88. The lowest BCUT2D eigenvalue weighted by atomic mass is 10.3. The van der Waals surface area contributed by atoms with Gasteiger partial charge >= 0.3 is 0 Å². The smallest absolute Gasteiger partial charge is 0.211 e. The summed E-state index contributed by atoms with van der Waals surface area (Å²) in [5, 5.41) is 0. The molecular formula is C11H16N2O4S. The fraction of sp³-hybridized carbons (Fsp3) is 0.545. The Labute approximate surface area is 107 Å². The molecule has 2 rings (SSSR count). The van der Waals surface area contributed by atoms with Crippen LogP contribution in [-0.4, -0.2) is 56.4 Å². The van der Waals surface area contributed by atoms with E-state index in [1.165, 1.54) is 10.6 Å². The van der Waals surface area contributed by atoms with Crippen molar-refractivity contribution < 1.29 is 17.9 Å². The Morgan fingerprint density at radius 2 is 2.39 bits per heavy atom. The van der Waals surface area contributed by atoms with Crippen LogP contribution < -0.4 is 4.74 Å². The van der Waals surface area contributed by atoms with Gasteiger partial charge in [0.25, 0.3) is 0 Å². The number of rotatable bonds is 3. The molecule has 7 heteroatoms. The molecule has 6 nitrogen and oxygen atoms in total. The molecule has 1 aromatic heterocycles. The molecule has 1 aliphatic rings. The average molecular weight is 272 g/mol. The molecule has 1 saturated heterocycles. The van der Waals surface area contributed by atoms with Crippen molar-refractivity contribution in [3.05, 3.63) is 24.5 Å². The number of pyridine rings is 1. The highest BCUT2D eigenvalue weighted by Crippen LogP contribution is 2.13. The van der Waals surface area contributed by atoms with E-state index in [9.17, 15) is 8.42 Å². The second-order valence-corrected chi connectivity index (χ2v) is 6.11. The maximum absolute atomic E-state index is 11.5. The van der Waals surface area contributed by atoms with Gasteiger partial charge in [-0.3, -0.25) is 4.98 Å². The molecule has 1 fully saturated rings. The zero-order chi connectivity index (χ0) is 13.0. The molecule has 1 atom stereocenters. The summed E-state index contributed by atoms with van der Waals surface area (Å²) in [7, 11) is -3.22. The van der Waals surface area contributed by atoms with Gasteiger partial charge in [-0.25, -0.2) is 8.42 Å². The number of hydrogen-bond acceptors (Lipinski definition) is 5. The van der Waals surface area contributed by atoms with E-state index in [-0.39, 0.29) is 6.10 Å². The first kappa shape index (κ1) is 13.3. The van der Waals surface area contributed by atoms with Crippen LogP contribution in [0.15, 0.2) is 24.5 Å². The Morgan fingerprint density at radius 3 is 3.06 bits per heavy atom. The molecular weight excluding hydrogens is 256 g/mol. The summed E-state index contributed by atoms with van der Waals surface area (Å²) in [6.45, 7) is 1.43. The van der Waals surface area contributed by atoms with E-state index >= 15 is 0 Å². The van der Waals surface area contributed by atoms with Crippen LogP contribution >= 0.6 is 0 Å². The van der Waals surface area contributed by atoms with E-state index in [4.69, 9.17) is 9.47 Å². The quantitative estimate of drug-likeness (QED) is 0.782. The SMILES string of the molecule is CS(=O)(=O)N1CCOC[C@H](Oc2cccnc2)C1. The highest BCUT2D eigenvalue weighted by Gasteiger charge is 2.25. The Morgan fingerprint density at radius 1 is 1.56 bits per heavy atom. The van der Waals surface area contributed by atoms with Gasteiger partial charge in [0.2, 0.25) is 10.0 Å². The minimum absolute atomic E-state index is 0.299. The molecule has 0 aromatic carbocycles. The monoisotopic (exact) mass is 272 g/mol. The van der Waals surface area contributed by atoms with Gasteiger partial charge in [0, 0.05) is 12.7 Å². The summed E-state index contributed by atoms with van der Waals surface area (Å²) < 4.78 is 35.5. The van der Waals surface area contributed by atoms with Crippen LogP contribution in [0.5, 0.6) is 5.75 Å². The fourth-order valence-corrected chi connectivity index (χ4v) is 2.58. The number of hydrogen-bond donors (Lipinski definition) is 0. The van der Waals surface area contributed by atoms with Gasteiger partial charge in [0.1, 0.15) is 11.9 Å². The van der Waals surface area contributed by atoms with Gasteiger partial charge in [0.05, 0.1) is 32.2 Å². The third kappa shape index (κ3) is 3.66. The average Bonchev–Trinajstić information content (AvgIpc) is 2.55. The number of aromatic nitrogens is 1. The maximum Gasteiger partial charge on any atom is 0.211 e. The molecule has 0 radical (unpaired) electrons. The Balaban J connectivity index is 2.04. The molecule has 0 bridgehead atoms. The molecule has 1 aliphatic heterocycles. The van der Waals surface area contributed by atoms with Crippen molar-refractivity contribution in [1.82, 2.24) is 9.29 Å². The van der Waals surface area contributed by atoms with E-state index < -0.39 is 10.0 Å². The van der Waals surface area contributed by atoms with E-state index in [1.54, 1.807) is 24.5 Å². The predicted molar refractivity (Wildman–Crippen MR) is 65.9 cm³/mol. The van der Waals surface area contributed by atoms with Crippen LogP contribution in [0.1, 0.15) is 0 Å². The molecule has 0 saturated carbocycles. The van der Waals surface area contributed by atoms with Crippen molar-refractivity contribution in [2.24, 2.45) is 0 Å². The van der Waals surface area contributed by atoms with Crippen molar-refractivity contribution >= 4 is 10.0 Å². The van der Waals surface area contributed by atoms with Crippen molar-refractivity contribution in [3.8, 4) is 5.75 Å². The largest absolute Gasteiger partial charge is 0.485 e. The number of sulfonamides is 1. The van der Waals surface area contributed by atoms with E-state index in [0.29, 0.717) is 32.1 Å². The first-order valence-electron chi connectivity index (χ1n) is 5.65. The summed E-state index contributed by atoms with van der Waals surface area (Å²) in [5.41, 5.74) is 0. The summed E-state index contributed by atoms with van der Waals surface area (Å²) in [4.78, 5) is 3.94. The number of nitrogens with zero attached hydrogens (tertiary/aromatic N) is 2. The van der Waals surface area contributed by atoms with Gasteiger partial charge in [-0.2, -0.15) is 4.31 Å². The molecule has 0 aliphatic carbocycles. The van der Waals surface area contributed by atoms with Gasteiger partial charge in [-0.1, -0.05) is 0 Å². The topological polar surface area (TPSA) is 68.7 Å². The first-order chi connectivity index (χ1) is 8.55. The molecule has 100 valence electrons. The van der Waals surface area contributed by atoms with E-state index in [0.717, 1.165) is 0 Å². The van der Waals surface area contributed by atoms with Gasteiger partial charge < -0.3 is 9.47 Å². The summed E-state index contributed by atoms with van der Waals surface area (Å²) in [6.07, 6.45) is 4.13. The minimum atomic E-state index is -3.22.